The van der Waals surface area contributed by atoms with Crippen LogP contribution in [-0.2, 0) is 11.2 Å². The summed E-state index contributed by atoms with van der Waals surface area (Å²) in [5, 5.41) is 15.6. The molecule has 0 bridgehead atoms. The van der Waals surface area contributed by atoms with Crippen molar-refractivity contribution >= 4 is 28.1 Å². The summed E-state index contributed by atoms with van der Waals surface area (Å²) in [7, 11) is 0. The third-order valence-electron chi connectivity index (χ3n) is 3.57. The zero-order valence-corrected chi connectivity index (χ0v) is 14.3. The number of hydrogen-bond acceptors (Lipinski definition) is 5. The Bertz CT molecular complexity index is 653. The maximum absolute atomic E-state index is 12.4. The number of nitrogens with zero attached hydrogens (tertiary/aromatic N) is 2. The Morgan fingerprint density at radius 2 is 2.00 bits per heavy atom. The van der Waals surface area contributed by atoms with Gasteiger partial charge in [-0.3, -0.25) is 10.1 Å². The molecule has 1 amide bonds. The van der Waals surface area contributed by atoms with E-state index in [4.69, 9.17) is 0 Å². The summed E-state index contributed by atoms with van der Waals surface area (Å²) in [5.41, 5.74) is 3.40. The highest BCUT2D eigenvalue weighted by Gasteiger charge is 2.18. The molecular formula is C16H22N4OS. The van der Waals surface area contributed by atoms with Crippen LogP contribution in [0.2, 0.25) is 0 Å². The summed E-state index contributed by atoms with van der Waals surface area (Å²) >= 11 is 1.42. The van der Waals surface area contributed by atoms with Crippen molar-refractivity contribution in [3.8, 4) is 0 Å². The van der Waals surface area contributed by atoms with Crippen LogP contribution in [0.4, 0.5) is 10.8 Å². The van der Waals surface area contributed by atoms with Crippen molar-refractivity contribution < 1.29 is 4.79 Å². The van der Waals surface area contributed by atoms with Gasteiger partial charge in [-0.25, -0.2) is 0 Å². The maximum atomic E-state index is 12.4. The lowest BCUT2D eigenvalue weighted by atomic mass is 10.1. The average molecular weight is 318 g/mol. The number of hydrogen-bond donors (Lipinski definition) is 2. The van der Waals surface area contributed by atoms with Crippen LogP contribution in [0.1, 0.15) is 36.4 Å². The number of aryl methyl sites for hydroxylation is 3. The van der Waals surface area contributed by atoms with E-state index in [9.17, 15) is 4.79 Å². The molecule has 1 heterocycles. The van der Waals surface area contributed by atoms with Crippen LogP contribution in [0.5, 0.6) is 0 Å². The van der Waals surface area contributed by atoms with Gasteiger partial charge in [0.15, 0.2) is 0 Å². The van der Waals surface area contributed by atoms with Crippen molar-refractivity contribution in [3.05, 3.63) is 34.3 Å². The maximum Gasteiger partial charge on any atom is 0.248 e. The monoisotopic (exact) mass is 318 g/mol. The number of carbonyl (C=O) groups is 1. The Morgan fingerprint density at radius 3 is 2.59 bits per heavy atom. The van der Waals surface area contributed by atoms with Crippen LogP contribution in [0.3, 0.4) is 0 Å². The van der Waals surface area contributed by atoms with E-state index in [-0.39, 0.29) is 11.9 Å². The summed E-state index contributed by atoms with van der Waals surface area (Å²) in [6, 6.07) is 5.82. The Morgan fingerprint density at radius 1 is 1.23 bits per heavy atom. The Kier molecular flexibility index (Phi) is 5.49. The van der Waals surface area contributed by atoms with Crippen molar-refractivity contribution in [2.45, 2.75) is 46.6 Å². The normalized spacial score (nSPS) is 12.0. The van der Waals surface area contributed by atoms with Gasteiger partial charge in [0.2, 0.25) is 11.0 Å². The molecule has 0 radical (unpaired) electrons. The van der Waals surface area contributed by atoms with Crippen LogP contribution in [0.25, 0.3) is 0 Å². The van der Waals surface area contributed by atoms with Crippen molar-refractivity contribution in [1.29, 1.82) is 0 Å². The molecular weight excluding hydrogens is 296 g/mol. The minimum Gasteiger partial charge on any atom is -0.374 e. The first-order valence-corrected chi connectivity index (χ1v) is 8.32. The zero-order valence-electron chi connectivity index (χ0n) is 13.4. The molecule has 1 aromatic carbocycles. The summed E-state index contributed by atoms with van der Waals surface area (Å²) < 4.78 is 0. The molecule has 22 heavy (non-hydrogen) atoms. The van der Waals surface area contributed by atoms with Gasteiger partial charge in [0.1, 0.15) is 11.0 Å². The number of amides is 1. The molecule has 0 unspecified atom stereocenters. The minimum absolute atomic E-state index is 0.0838. The fraction of sp³-hybridized carbons (Fsp3) is 0.438. The quantitative estimate of drug-likeness (QED) is 0.855. The average Bonchev–Trinajstić information content (AvgIpc) is 2.95. The number of rotatable bonds is 6. The molecule has 2 aromatic rings. The lowest BCUT2D eigenvalue weighted by Crippen LogP contribution is -2.34. The van der Waals surface area contributed by atoms with Crippen molar-refractivity contribution in [2.75, 3.05) is 10.6 Å². The summed E-state index contributed by atoms with van der Waals surface area (Å²) in [6.07, 6.45) is 1.52. The van der Waals surface area contributed by atoms with E-state index in [1.807, 2.05) is 19.9 Å². The van der Waals surface area contributed by atoms with Gasteiger partial charge in [-0.2, -0.15) is 0 Å². The molecule has 0 aliphatic carbocycles. The zero-order chi connectivity index (χ0) is 16.1. The molecule has 0 spiro atoms. The second-order valence-corrected chi connectivity index (χ2v) is 6.31. The van der Waals surface area contributed by atoms with Crippen LogP contribution in [-0.4, -0.2) is 22.1 Å². The Hall–Kier alpha value is -1.95. The number of aromatic nitrogens is 2. The van der Waals surface area contributed by atoms with Crippen LogP contribution in [0.15, 0.2) is 18.2 Å². The van der Waals surface area contributed by atoms with Crippen LogP contribution in [0, 0.1) is 13.8 Å². The standard InChI is InChI=1S/C16H22N4OS/c1-5-13(17-12-8-7-10(3)11(4)9-12)15(21)18-16-20-19-14(6-2)22-16/h7-9,13,17H,5-6H2,1-4H3,(H,18,20,21)/t13-/m1/s1. The first-order valence-electron chi connectivity index (χ1n) is 7.50. The largest absolute Gasteiger partial charge is 0.374 e. The molecule has 1 atom stereocenters. The molecule has 2 N–H and O–H groups in total. The van der Waals surface area contributed by atoms with Crippen LogP contribution >= 0.6 is 11.3 Å². The highest BCUT2D eigenvalue weighted by molar-refractivity contribution is 7.15. The van der Waals surface area contributed by atoms with E-state index in [0.717, 1.165) is 17.1 Å². The van der Waals surface area contributed by atoms with Crippen molar-refractivity contribution in [1.82, 2.24) is 10.2 Å². The topological polar surface area (TPSA) is 66.9 Å². The lowest BCUT2D eigenvalue weighted by Gasteiger charge is -2.17. The van der Waals surface area contributed by atoms with Gasteiger partial charge in [0.05, 0.1) is 0 Å². The van der Waals surface area contributed by atoms with Crippen molar-refractivity contribution in [2.24, 2.45) is 0 Å². The van der Waals surface area contributed by atoms with Gasteiger partial charge in [-0.05, 0) is 49.9 Å². The molecule has 6 heteroatoms. The highest BCUT2D eigenvalue weighted by Crippen LogP contribution is 2.18. The smallest absolute Gasteiger partial charge is 0.248 e. The number of benzene rings is 1. The fourth-order valence-corrected chi connectivity index (χ4v) is 2.71. The molecule has 0 aliphatic rings. The SMILES string of the molecule is CCc1nnc(NC(=O)[C@@H](CC)Nc2ccc(C)c(C)c2)s1. The van der Waals surface area contributed by atoms with Crippen LogP contribution < -0.4 is 10.6 Å². The number of nitrogens with one attached hydrogen (secondary N) is 2. The second kappa shape index (κ2) is 7.35. The lowest BCUT2D eigenvalue weighted by molar-refractivity contribution is -0.117. The van der Waals surface area contributed by atoms with Gasteiger partial charge in [0, 0.05) is 5.69 Å². The van der Waals surface area contributed by atoms with E-state index in [2.05, 4.69) is 46.8 Å². The van der Waals surface area contributed by atoms with E-state index in [0.29, 0.717) is 11.6 Å². The molecule has 0 saturated heterocycles. The van der Waals surface area contributed by atoms with Gasteiger partial charge >= 0.3 is 0 Å². The van der Waals surface area contributed by atoms with Gasteiger partial charge in [0.25, 0.3) is 0 Å². The molecule has 0 saturated carbocycles. The highest BCUT2D eigenvalue weighted by atomic mass is 32.1. The van der Waals surface area contributed by atoms with E-state index < -0.39 is 0 Å². The van der Waals surface area contributed by atoms with Crippen molar-refractivity contribution in [3.63, 3.8) is 0 Å². The molecule has 5 nitrogen and oxygen atoms in total. The molecule has 1 aromatic heterocycles. The summed E-state index contributed by atoms with van der Waals surface area (Å²) in [6.45, 7) is 8.14. The number of anilines is 2. The second-order valence-electron chi connectivity index (χ2n) is 5.25. The number of carbonyl (C=O) groups excluding carboxylic acids is 1. The Labute approximate surface area is 135 Å². The molecule has 118 valence electrons. The third-order valence-corrected chi connectivity index (χ3v) is 4.55. The van der Waals surface area contributed by atoms with Gasteiger partial charge < -0.3 is 5.32 Å². The van der Waals surface area contributed by atoms with Gasteiger partial charge in [-0.15, -0.1) is 10.2 Å². The molecule has 0 aliphatic heterocycles. The first kappa shape index (κ1) is 16.4. The van der Waals surface area contributed by atoms with E-state index >= 15 is 0 Å². The summed E-state index contributed by atoms with van der Waals surface area (Å²) in [5.74, 6) is -0.0838. The summed E-state index contributed by atoms with van der Waals surface area (Å²) in [4.78, 5) is 12.4. The predicted octanol–water partition coefficient (Wildman–Crippen LogP) is 3.55. The minimum atomic E-state index is -0.295. The predicted molar refractivity (Wildman–Crippen MR) is 91.5 cm³/mol. The van der Waals surface area contributed by atoms with E-state index in [1.54, 1.807) is 0 Å². The van der Waals surface area contributed by atoms with E-state index in [1.165, 1.54) is 22.5 Å². The van der Waals surface area contributed by atoms with Gasteiger partial charge in [-0.1, -0.05) is 31.3 Å². The fourth-order valence-electron chi connectivity index (χ4n) is 2.02. The third kappa shape index (κ3) is 4.04. The molecule has 0 fully saturated rings. The first-order chi connectivity index (χ1) is 10.5. The molecule has 2 rings (SSSR count). The Balaban J connectivity index is 2.03.